The number of nitrogens with zero attached hydrogens (tertiary/aromatic N) is 1. The van der Waals surface area contributed by atoms with Gasteiger partial charge in [-0.25, -0.2) is 4.39 Å². The van der Waals surface area contributed by atoms with Crippen molar-refractivity contribution in [3.63, 3.8) is 0 Å². The zero-order valence-corrected chi connectivity index (χ0v) is 11.1. The number of carboxylic acid groups (broad SMARTS) is 1. The van der Waals surface area contributed by atoms with Crippen molar-refractivity contribution in [1.29, 1.82) is 0 Å². The Hall–Kier alpha value is -2.17. The van der Waals surface area contributed by atoms with Gasteiger partial charge in [-0.3, -0.25) is 9.59 Å². The molecule has 2 atom stereocenters. The van der Waals surface area contributed by atoms with Crippen LogP contribution in [0, 0.1) is 17.7 Å². The van der Waals surface area contributed by atoms with Crippen LogP contribution in [-0.4, -0.2) is 35.0 Å². The molecule has 1 aromatic carbocycles. The number of aliphatic carboxylic acids is 1. The van der Waals surface area contributed by atoms with Crippen molar-refractivity contribution in [2.75, 3.05) is 13.1 Å². The zero-order chi connectivity index (χ0) is 14.7. The van der Waals surface area contributed by atoms with E-state index in [0.717, 1.165) is 0 Å². The van der Waals surface area contributed by atoms with Gasteiger partial charge in [-0.15, -0.1) is 0 Å². The van der Waals surface area contributed by atoms with Gasteiger partial charge >= 0.3 is 5.97 Å². The topological polar surface area (TPSA) is 57.6 Å². The van der Waals surface area contributed by atoms with E-state index in [0.29, 0.717) is 12.1 Å². The van der Waals surface area contributed by atoms with Gasteiger partial charge in [0.2, 0.25) is 5.91 Å². The van der Waals surface area contributed by atoms with E-state index in [1.165, 1.54) is 23.1 Å². The molecule has 1 fully saturated rings. The van der Waals surface area contributed by atoms with Crippen LogP contribution in [0.15, 0.2) is 30.3 Å². The van der Waals surface area contributed by atoms with E-state index in [1.54, 1.807) is 18.2 Å². The molecule has 1 aromatic rings. The van der Waals surface area contributed by atoms with Crippen LogP contribution < -0.4 is 0 Å². The molecular formula is C15H16FNO3. The summed E-state index contributed by atoms with van der Waals surface area (Å²) in [6, 6.07) is 6.16. The summed E-state index contributed by atoms with van der Waals surface area (Å²) < 4.78 is 13.4. The second kappa shape index (κ2) is 5.86. The SMILES string of the molecule is C[C@@H]1CN(C(=O)/C=C/c2ccccc2F)C[C@H]1C(=O)O. The van der Waals surface area contributed by atoms with E-state index in [2.05, 4.69) is 0 Å². The molecule has 5 heteroatoms. The molecule has 2 rings (SSSR count). The van der Waals surface area contributed by atoms with E-state index in [-0.39, 0.29) is 18.4 Å². The van der Waals surface area contributed by atoms with Crippen molar-refractivity contribution < 1.29 is 19.1 Å². The molecule has 106 valence electrons. The van der Waals surface area contributed by atoms with Gasteiger partial charge in [-0.1, -0.05) is 25.1 Å². The standard InChI is InChI=1S/C15H16FNO3/c1-10-8-17(9-12(10)15(19)20)14(18)7-6-11-4-2-3-5-13(11)16/h2-7,10,12H,8-9H2,1H3,(H,19,20)/b7-6+/t10-,12-/m1/s1. The summed E-state index contributed by atoms with van der Waals surface area (Å²) in [7, 11) is 0. The van der Waals surface area contributed by atoms with Crippen molar-refractivity contribution >= 4 is 18.0 Å². The van der Waals surface area contributed by atoms with Crippen LogP contribution in [0.4, 0.5) is 4.39 Å². The lowest BCUT2D eigenvalue weighted by Gasteiger charge is -2.12. The minimum Gasteiger partial charge on any atom is -0.481 e. The monoisotopic (exact) mass is 277 g/mol. The first-order valence-electron chi connectivity index (χ1n) is 6.43. The Kier molecular flexibility index (Phi) is 4.17. The lowest BCUT2D eigenvalue weighted by Crippen LogP contribution is -2.28. The largest absolute Gasteiger partial charge is 0.481 e. The highest BCUT2D eigenvalue weighted by atomic mass is 19.1. The predicted octanol–water partition coefficient (Wildman–Crippen LogP) is 2.02. The lowest BCUT2D eigenvalue weighted by molar-refractivity contribution is -0.142. The van der Waals surface area contributed by atoms with Crippen molar-refractivity contribution in [3.8, 4) is 0 Å². The first kappa shape index (κ1) is 14.2. The number of rotatable bonds is 3. The molecule has 4 nitrogen and oxygen atoms in total. The molecule has 0 aliphatic carbocycles. The number of hydrogen-bond donors (Lipinski definition) is 1. The van der Waals surface area contributed by atoms with Gasteiger partial charge in [-0.05, 0) is 18.1 Å². The number of likely N-dealkylation sites (tertiary alicyclic amines) is 1. The Labute approximate surface area is 116 Å². The first-order chi connectivity index (χ1) is 9.49. The Balaban J connectivity index is 2.03. The maximum Gasteiger partial charge on any atom is 0.308 e. The second-order valence-corrected chi connectivity index (χ2v) is 5.02. The summed E-state index contributed by atoms with van der Waals surface area (Å²) >= 11 is 0. The summed E-state index contributed by atoms with van der Waals surface area (Å²) in [6.45, 7) is 2.43. The van der Waals surface area contributed by atoms with Crippen LogP contribution in [-0.2, 0) is 9.59 Å². The summed E-state index contributed by atoms with van der Waals surface area (Å²) in [4.78, 5) is 24.5. The lowest BCUT2D eigenvalue weighted by atomic mass is 9.99. The van der Waals surface area contributed by atoms with Crippen molar-refractivity contribution in [3.05, 3.63) is 41.7 Å². The molecule has 0 radical (unpaired) electrons. The Morgan fingerprint density at radius 1 is 1.35 bits per heavy atom. The van der Waals surface area contributed by atoms with Crippen LogP contribution in [0.3, 0.4) is 0 Å². The van der Waals surface area contributed by atoms with Gasteiger partial charge in [-0.2, -0.15) is 0 Å². The summed E-state index contributed by atoms with van der Waals surface area (Å²) in [6.07, 6.45) is 2.70. The van der Waals surface area contributed by atoms with E-state index in [9.17, 15) is 14.0 Å². The molecule has 1 heterocycles. The fraction of sp³-hybridized carbons (Fsp3) is 0.333. The van der Waals surface area contributed by atoms with E-state index >= 15 is 0 Å². The van der Waals surface area contributed by atoms with Crippen molar-refractivity contribution in [2.24, 2.45) is 11.8 Å². The average molecular weight is 277 g/mol. The van der Waals surface area contributed by atoms with Gasteiger partial charge in [0.15, 0.2) is 0 Å². The van der Waals surface area contributed by atoms with Crippen molar-refractivity contribution in [2.45, 2.75) is 6.92 Å². The summed E-state index contributed by atoms with van der Waals surface area (Å²) in [5, 5.41) is 9.02. The molecule has 1 N–H and O–H groups in total. The van der Waals surface area contributed by atoms with Gasteiger partial charge in [0, 0.05) is 24.7 Å². The average Bonchev–Trinajstić information content (AvgIpc) is 2.80. The molecule has 20 heavy (non-hydrogen) atoms. The molecular weight excluding hydrogens is 261 g/mol. The maximum atomic E-state index is 13.4. The highest BCUT2D eigenvalue weighted by Gasteiger charge is 2.36. The van der Waals surface area contributed by atoms with Gasteiger partial charge in [0.25, 0.3) is 0 Å². The fourth-order valence-electron chi connectivity index (χ4n) is 2.34. The quantitative estimate of drug-likeness (QED) is 0.860. The van der Waals surface area contributed by atoms with Crippen LogP contribution in [0.25, 0.3) is 6.08 Å². The van der Waals surface area contributed by atoms with Crippen LogP contribution in [0.1, 0.15) is 12.5 Å². The molecule has 0 unspecified atom stereocenters. The Bertz CT molecular complexity index is 556. The Morgan fingerprint density at radius 2 is 2.05 bits per heavy atom. The molecule has 0 aromatic heterocycles. The third kappa shape index (κ3) is 3.04. The van der Waals surface area contributed by atoms with Gasteiger partial charge in [0.05, 0.1) is 5.92 Å². The molecule has 1 saturated heterocycles. The predicted molar refractivity (Wildman–Crippen MR) is 72.3 cm³/mol. The molecule has 0 bridgehead atoms. The zero-order valence-electron chi connectivity index (χ0n) is 11.1. The minimum absolute atomic E-state index is 0.0710. The normalized spacial score (nSPS) is 22.4. The number of halogens is 1. The Morgan fingerprint density at radius 3 is 2.65 bits per heavy atom. The number of carboxylic acids is 1. The smallest absolute Gasteiger partial charge is 0.308 e. The van der Waals surface area contributed by atoms with Gasteiger partial charge in [0.1, 0.15) is 5.82 Å². The fourth-order valence-corrected chi connectivity index (χ4v) is 2.34. The highest BCUT2D eigenvalue weighted by molar-refractivity contribution is 5.92. The molecule has 0 saturated carbocycles. The molecule has 1 amide bonds. The van der Waals surface area contributed by atoms with E-state index in [1.807, 2.05) is 6.92 Å². The number of benzene rings is 1. The summed E-state index contributed by atoms with van der Waals surface area (Å²) in [5.41, 5.74) is 0.336. The first-order valence-corrected chi connectivity index (χ1v) is 6.43. The highest BCUT2D eigenvalue weighted by Crippen LogP contribution is 2.23. The van der Waals surface area contributed by atoms with E-state index < -0.39 is 17.7 Å². The molecule has 0 spiro atoms. The number of amides is 1. The molecule has 1 aliphatic heterocycles. The summed E-state index contributed by atoms with van der Waals surface area (Å²) in [5.74, 6) is -2.16. The van der Waals surface area contributed by atoms with Crippen LogP contribution >= 0.6 is 0 Å². The molecule has 1 aliphatic rings. The van der Waals surface area contributed by atoms with Crippen LogP contribution in [0.2, 0.25) is 0 Å². The third-order valence-corrected chi connectivity index (χ3v) is 3.55. The number of carbonyl (C=O) groups excluding carboxylic acids is 1. The number of hydrogen-bond acceptors (Lipinski definition) is 2. The van der Waals surface area contributed by atoms with E-state index in [4.69, 9.17) is 5.11 Å². The number of carbonyl (C=O) groups is 2. The van der Waals surface area contributed by atoms with Gasteiger partial charge < -0.3 is 10.0 Å². The second-order valence-electron chi connectivity index (χ2n) is 5.02. The van der Waals surface area contributed by atoms with Crippen molar-refractivity contribution in [1.82, 2.24) is 4.90 Å². The van der Waals surface area contributed by atoms with Crippen LogP contribution in [0.5, 0.6) is 0 Å². The third-order valence-electron chi connectivity index (χ3n) is 3.55. The maximum absolute atomic E-state index is 13.4. The minimum atomic E-state index is -0.883.